The van der Waals surface area contributed by atoms with Crippen LogP contribution in [0.5, 0.6) is 0 Å². The molecule has 0 aromatic carbocycles. The van der Waals surface area contributed by atoms with E-state index in [1.165, 1.54) is 0 Å². The number of aromatic nitrogens is 3. The van der Waals surface area contributed by atoms with Crippen LogP contribution < -0.4 is 5.73 Å². The van der Waals surface area contributed by atoms with Crippen molar-refractivity contribution in [1.29, 1.82) is 0 Å². The lowest BCUT2D eigenvalue weighted by atomic mass is 9.90. The van der Waals surface area contributed by atoms with Crippen LogP contribution in [0.4, 0.5) is 0 Å². The van der Waals surface area contributed by atoms with Crippen LogP contribution in [0.3, 0.4) is 0 Å². The number of hydrogen-bond acceptors (Lipinski definition) is 4. The lowest BCUT2D eigenvalue weighted by molar-refractivity contribution is 0.0581. The number of rotatable bonds is 4. The summed E-state index contributed by atoms with van der Waals surface area (Å²) in [7, 11) is 0. The van der Waals surface area contributed by atoms with Crippen LogP contribution in [0.2, 0.25) is 0 Å². The third-order valence-corrected chi connectivity index (χ3v) is 3.43. The number of nitrogens with two attached hydrogens (primary N) is 1. The minimum Gasteiger partial charge on any atom is -0.381 e. The molecule has 0 bridgehead atoms. The molecule has 0 saturated carbocycles. The van der Waals surface area contributed by atoms with Gasteiger partial charge in [0.1, 0.15) is 12.2 Å². The molecule has 1 aliphatic heterocycles. The molecular formula is C12H22N4O. The highest BCUT2D eigenvalue weighted by Crippen LogP contribution is 2.20. The molecule has 0 aliphatic carbocycles. The van der Waals surface area contributed by atoms with Crippen molar-refractivity contribution in [1.82, 2.24) is 14.8 Å². The van der Waals surface area contributed by atoms with Gasteiger partial charge in [0.05, 0.1) is 0 Å². The zero-order valence-corrected chi connectivity index (χ0v) is 10.7. The van der Waals surface area contributed by atoms with Gasteiger partial charge in [0, 0.05) is 31.7 Å². The van der Waals surface area contributed by atoms with E-state index in [4.69, 9.17) is 10.5 Å². The summed E-state index contributed by atoms with van der Waals surface area (Å²) >= 11 is 0. The largest absolute Gasteiger partial charge is 0.381 e. The fourth-order valence-electron chi connectivity index (χ4n) is 2.37. The highest BCUT2D eigenvalue weighted by atomic mass is 16.5. The summed E-state index contributed by atoms with van der Waals surface area (Å²) in [5.41, 5.74) is 6.27. The summed E-state index contributed by atoms with van der Waals surface area (Å²) in [5, 5.41) is 4.24. The van der Waals surface area contributed by atoms with Crippen LogP contribution in [-0.2, 0) is 11.2 Å². The van der Waals surface area contributed by atoms with Gasteiger partial charge < -0.3 is 10.5 Å². The second kappa shape index (κ2) is 5.60. The first-order valence-corrected chi connectivity index (χ1v) is 6.40. The number of hydrogen-bond donors (Lipinski definition) is 1. The van der Waals surface area contributed by atoms with E-state index in [0.717, 1.165) is 38.3 Å². The Hall–Kier alpha value is -0.940. The first-order valence-electron chi connectivity index (χ1n) is 6.40. The van der Waals surface area contributed by atoms with Crippen molar-refractivity contribution < 1.29 is 4.74 Å². The Morgan fingerprint density at radius 2 is 2.18 bits per heavy atom. The molecule has 1 saturated heterocycles. The lowest BCUT2D eigenvalue weighted by Gasteiger charge is -2.27. The van der Waals surface area contributed by atoms with Gasteiger partial charge in [-0.3, -0.25) is 0 Å². The molecule has 5 nitrogen and oxygen atoms in total. The summed E-state index contributed by atoms with van der Waals surface area (Å²) in [4.78, 5) is 4.31. The van der Waals surface area contributed by atoms with Crippen LogP contribution in [0, 0.1) is 5.92 Å². The summed E-state index contributed by atoms with van der Waals surface area (Å²) in [6.07, 6.45) is 4.56. The average molecular weight is 238 g/mol. The fraction of sp³-hybridized carbons (Fsp3) is 0.833. The summed E-state index contributed by atoms with van der Waals surface area (Å²) in [6.45, 7) is 5.90. The second-order valence-corrected chi connectivity index (χ2v) is 5.03. The van der Waals surface area contributed by atoms with Crippen molar-refractivity contribution >= 4 is 0 Å². The van der Waals surface area contributed by atoms with Crippen molar-refractivity contribution in [2.75, 3.05) is 13.2 Å². The van der Waals surface area contributed by atoms with Crippen molar-refractivity contribution in [3.05, 3.63) is 12.2 Å². The van der Waals surface area contributed by atoms with Gasteiger partial charge in [0.25, 0.3) is 0 Å². The molecule has 2 heterocycles. The van der Waals surface area contributed by atoms with Crippen LogP contribution in [0.1, 0.15) is 38.6 Å². The Balaban J connectivity index is 1.97. The molecule has 2 rings (SSSR count). The molecule has 0 amide bonds. The first-order chi connectivity index (χ1) is 8.18. The van der Waals surface area contributed by atoms with E-state index in [-0.39, 0.29) is 6.04 Å². The maximum absolute atomic E-state index is 6.27. The molecular weight excluding hydrogens is 216 g/mol. The monoisotopic (exact) mass is 238 g/mol. The fourth-order valence-corrected chi connectivity index (χ4v) is 2.37. The smallest absolute Gasteiger partial charge is 0.138 e. The third kappa shape index (κ3) is 3.04. The zero-order chi connectivity index (χ0) is 12.3. The number of ether oxygens (including phenoxy) is 1. The molecule has 1 aromatic heterocycles. The van der Waals surface area contributed by atoms with Crippen molar-refractivity contribution in [2.45, 2.75) is 45.2 Å². The average Bonchev–Trinajstić information content (AvgIpc) is 2.78. The molecule has 5 heteroatoms. The van der Waals surface area contributed by atoms with E-state index in [9.17, 15) is 0 Å². The van der Waals surface area contributed by atoms with Gasteiger partial charge in [0.15, 0.2) is 0 Å². The van der Waals surface area contributed by atoms with E-state index < -0.39 is 0 Å². The normalized spacial score (nSPS) is 19.8. The van der Waals surface area contributed by atoms with E-state index in [1.54, 1.807) is 6.33 Å². The van der Waals surface area contributed by atoms with Gasteiger partial charge in [0.2, 0.25) is 0 Å². The van der Waals surface area contributed by atoms with Gasteiger partial charge in [-0.05, 0) is 32.6 Å². The SMILES string of the molecule is CC(C)n1ncnc1CC(N)C1CCOCC1. The van der Waals surface area contributed by atoms with Gasteiger partial charge in [-0.2, -0.15) is 5.10 Å². The Morgan fingerprint density at radius 3 is 2.82 bits per heavy atom. The van der Waals surface area contributed by atoms with Crippen LogP contribution in [0.25, 0.3) is 0 Å². The highest BCUT2D eigenvalue weighted by Gasteiger charge is 2.23. The molecule has 1 unspecified atom stereocenters. The lowest BCUT2D eigenvalue weighted by Crippen LogP contribution is -2.36. The van der Waals surface area contributed by atoms with Crippen LogP contribution in [-0.4, -0.2) is 34.0 Å². The molecule has 0 radical (unpaired) electrons. The zero-order valence-electron chi connectivity index (χ0n) is 10.7. The van der Waals surface area contributed by atoms with E-state index >= 15 is 0 Å². The molecule has 0 spiro atoms. The van der Waals surface area contributed by atoms with Crippen molar-refractivity contribution in [2.24, 2.45) is 11.7 Å². The molecule has 1 aliphatic rings. The summed E-state index contributed by atoms with van der Waals surface area (Å²) in [6, 6.07) is 0.509. The summed E-state index contributed by atoms with van der Waals surface area (Å²) in [5.74, 6) is 1.56. The molecule has 17 heavy (non-hydrogen) atoms. The maximum Gasteiger partial charge on any atom is 0.138 e. The minimum atomic E-state index is 0.167. The summed E-state index contributed by atoms with van der Waals surface area (Å²) < 4.78 is 7.32. The first kappa shape index (κ1) is 12.5. The standard InChI is InChI=1S/C12H22N4O/c1-9(2)16-12(14-8-15-16)7-11(13)10-3-5-17-6-4-10/h8-11H,3-7,13H2,1-2H3. The Morgan fingerprint density at radius 1 is 1.47 bits per heavy atom. The van der Waals surface area contributed by atoms with Crippen LogP contribution >= 0.6 is 0 Å². The Bertz CT molecular complexity index is 344. The molecule has 2 N–H and O–H groups in total. The van der Waals surface area contributed by atoms with Crippen molar-refractivity contribution in [3.8, 4) is 0 Å². The quantitative estimate of drug-likeness (QED) is 0.854. The Kier molecular flexibility index (Phi) is 4.12. The number of nitrogens with zero attached hydrogens (tertiary/aromatic N) is 3. The van der Waals surface area contributed by atoms with Gasteiger partial charge in [-0.25, -0.2) is 9.67 Å². The molecule has 96 valence electrons. The van der Waals surface area contributed by atoms with E-state index in [2.05, 4.69) is 23.9 Å². The molecule has 1 fully saturated rings. The van der Waals surface area contributed by atoms with Gasteiger partial charge in [-0.15, -0.1) is 0 Å². The highest BCUT2D eigenvalue weighted by molar-refractivity contribution is 4.92. The second-order valence-electron chi connectivity index (χ2n) is 5.03. The predicted octanol–water partition coefficient (Wildman–Crippen LogP) is 1.16. The topological polar surface area (TPSA) is 66.0 Å². The maximum atomic E-state index is 6.27. The minimum absolute atomic E-state index is 0.167. The van der Waals surface area contributed by atoms with E-state index in [1.807, 2.05) is 4.68 Å². The van der Waals surface area contributed by atoms with Crippen LogP contribution in [0.15, 0.2) is 6.33 Å². The van der Waals surface area contributed by atoms with Gasteiger partial charge in [-0.1, -0.05) is 0 Å². The molecule has 1 aromatic rings. The third-order valence-electron chi connectivity index (χ3n) is 3.43. The Labute approximate surface area is 102 Å². The van der Waals surface area contributed by atoms with Gasteiger partial charge >= 0.3 is 0 Å². The van der Waals surface area contributed by atoms with E-state index in [0.29, 0.717) is 12.0 Å². The predicted molar refractivity (Wildman–Crippen MR) is 65.6 cm³/mol. The van der Waals surface area contributed by atoms with Crippen molar-refractivity contribution in [3.63, 3.8) is 0 Å². The molecule has 1 atom stereocenters.